The van der Waals surface area contributed by atoms with E-state index in [1.807, 2.05) is 6.92 Å². The Morgan fingerprint density at radius 1 is 1.23 bits per heavy atom. The molecule has 0 aliphatic carbocycles. The van der Waals surface area contributed by atoms with E-state index < -0.39 is 0 Å². The molecule has 10 nitrogen and oxygen atoms in total. The highest BCUT2D eigenvalue weighted by atomic mass is 32.2. The van der Waals surface area contributed by atoms with E-state index in [1.54, 1.807) is 42.0 Å². The van der Waals surface area contributed by atoms with Crippen LogP contribution in [0.3, 0.4) is 0 Å². The number of nitrogens with one attached hydrogen (secondary N) is 2. The molecular formula is C19H21N7O3S2. The number of anilines is 1. The summed E-state index contributed by atoms with van der Waals surface area (Å²) in [5, 5.41) is 23.3. The van der Waals surface area contributed by atoms with Crippen molar-refractivity contribution in [3.8, 4) is 5.75 Å². The van der Waals surface area contributed by atoms with E-state index in [-0.39, 0.29) is 24.1 Å². The summed E-state index contributed by atoms with van der Waals surface area (Å²) in [4.78, 5) is 24.5. The maximum absolute atomic E-state index is 12.4. The summed E-state index contributed by atoms with van der Waals surface area (Å²) in [6, 6.07) is 6.81. The summed E-state index contributed by atoms with van der Waals surface area (Å²) >= 11 is 2.54. The summed E-state index contributed by atoms with van der Waals surface area (Å²) in [7, 11) is 1.57. The van der Waals surface area contributed by atoms with Crippen LogP contribution in [0.2, 0.25) is 0 Å². The lowest BCUT2D eigenvalue weighted by molar-refractivity contribution is -0.113. The van der Waals surface area contributed by atoms with Gasteiger partial charge in [-0.05, 0) is 31.2 Å². The van der Waals surface area contributed by atoms with Gasteiger partial charge in [-0.15, -0.1) is 27.0 Å². The number of aryl methyl sites for hydroxylation is 1. The molecule has 0 unspecified atom stereocenters. The van der Waals surface area contributed by atoms with Gasteiger partial charge in [-0.2, -0.15) is 0 Å². The van der Waals surface area contributed by atoms with Crippen LogP contribution in [0, 0.1) is 6.92 Å². The number of amides is 2. The first-order valence-electron chi connectivity index (χ1n) is 9.18. The van der Waals surface area contributed by atoms with Gasteiger partial charge in [0.1, 0.15) is 10.8 Å². The number of allylic oxidation sites excluding steroid dienone is 1. The molecule has 3 rings (SSSR count). The van der Waals surface area contributed by atoms with Crippen LogP contribution < -0.4 is 15.4 Å². The minimum Gasteiger partial charge on any atom is -0.497 e. The fourth-order valence-electron chi connectivity index (χ4n) is 2.51. The van der Waals surface area contributed by atoms with E-state index in [4.69, 9.17) is 4.74 Å². The number of ether oxygens (including phenoxy) is 1. The van der Waals surface area contributed by atoms with Gasteiger partial charge in [0, 0.05) is 12.1 Å². The number of carbonyl (C=O) groups is 2. The molecule has 3 aromatic rings. The summed E-state index contributed by atoms with van der Waals surface area (Å²) in [6.07, 6.45) is 1.70. The van der Waals surface area contributed by atoms with Crippen LogP contribution >= 0.6 is 23.1 Å². The van der Waals surface area contributed by atoms with Crippen LogP contribution in [0.15, 0.2) is 42.1 Å². The Kier molecular flexibility index (Phi) is 7.73. The molecule has 0 saturated heterocycles. The molecule has 0 spiro atoms. The van der Waals surface area contributed by atoms with Gasteiger partial charge in [-0.1, -0.05) is 29.2 Å². The van der Waals surface area contributed by atoms with Crippen molar-refractivity contribution in [3.05, 3.63) is 53.3 Å². The summed E-state index contributed by atoms with van der Waals surface area (Å²) in [5.41, 5.74) is 0.508. The van der Waals surface area contributed by atoms with Crippen molar-refractivity contribution in [2.45, 2.75) is 25.2 Å². The number of nitrogens with zero attached hydrogens (tertiary/aromatic N) is 5. The van der Waals surface area contributed by atoms with Crippen molar-refractivity contribution in [2.24, 2.45) is 0 Å². The van der Waals surface area contributed by atoms with Crippen LogP contribution in [-0.2, 0) is 17.9 Å². The topological polar surface area (TPSA) is 124 Å². The van der Waals surface area contributed by atoms with Gasteiger partial charge >= 0.3 is 0 Å². The van der Waals surface area contributed by atoms with Gasteiger partial charge in [-0.25, -0.2) is 0 Å². The van der Waals surface area contributed by atoms with Gasteiger partial charge in [-0.3, -0.25) is 14.9 Å². The molecule has 2 aromatic heterocycles. The predicted molar refractivity (Wildman–Crippen MR) is 118 cm³/mol. The number of rotatable bonds is 10. The van der Waals surface area contributed by atoms with E-state index in [0.29, 0.717) is 34.0 Å². The Hall–Kier alpha value is -3.25. The smallest absolute Gasteiger partial charge is 0.251 e. The van der Waals surface area contributed by atoms with E-state index >= 15 is 0 Å². The first-order valence-corrected chi connectivity index (χ1v) is 11.0. The van der Waals surface area contributed by atoms with Gasteiger partial charge in [0.05, 0.1) is 19.4 Å². The number of carbonyl (C=O) groups excluding carboxylic acids is 2. The monoisotopic (exact) mass is 459 g/mol. The normalized spacial score (nSPS) is 10.5. The van der Waals surface area contributed by atoms with Crippen molar-refractivity contribution in [3.63, 3.8) is 0 Å². The maximum atomic E-state index is 12.4. The van der Waals surface area contributed by atoms with Gasteiger partial charge in [0.15, 0.2) is 11.0 Å². The number of hydrogen-bond donors (Lipinski definition) is 2. The van der Waals surface area contributed by atoms with Crippen LogP contribution in [0.1, 0.15) is 21.2 Å². The summed E-state index contributed by atoms with van der Waals surface area (Å²) < 4.78 is 6.90. The molecule has 0 aliphatic heterocycles. The largest absolute Gasteiger partial charge is 0.497 e. The maximum Gasteiger partial charge on any atom is 0.251 e. The molecule has 0 atom stereocenters. The molecule has 0 fully saturated rings. The molecule has 0 aliphatic rings. The minimum atomic E-state index is -0.239. The third-order valence-electron chi connectivity index (χ3n) is 3.97. The average Bonchev–Trinajstić information content (AvgIpc) is 3.36. The molecule has 2 heterocycles. The minimum absolute atomic E-state index is 0.131. The van der Waals surface area contributed by atoms with E-state index in [9.17, 15) is 9.59 Å². The standard InChI is InChI=1S/C19H21N7O3S2/c1-4-9-26-15(10-20-17(28)13-5-7-14(29-3)8-6-13)23-25-19(26)30-11-16(27)21-18-24-22-12(2)31-18/h4-8H,1,9-11H2,2-3H3,(H,20,28)(H,21,24,27). The van der Waals surface area contributed by atoms with Gasteiger partial charge in [0.2, 0.25) is 11.0 Å². The van der Waals surface area contributed by atoms with Gasteiger partial charge < -0.3 is 14.6 Å². The Labute approximate surface area is 187 Å². The first kappa shape index (κ1) is 22.4. The second-order valence-electron chi connectivity index (χ2n) is 6.17. The van der Waals surface area contributed by atoms with Crippen LogP contribution in [-0.4, -0.2) is 49.6 Å². The van der Waals surface area contributed by atoms with Crippen LogP contribution in [0.5, 0.6) is 5.75 Å². The van der Waals surface area contributed by atoms with Crippen LogP contribution in [0.25, 0.3) is 0 Å². The van der Waals surface area contributed by atoms with Crippen molar-refractivity contribution in [1.82, 2.24) is 30.3 Å². The number of thioether (sulfide) groups is 1. The third kappa shape index (κ3) is 6.12. The fourth-order valence-corrected chi connectivity index (χ4v) is 3.88. The zero-order chi connectivity index (χ0) is 22.2. The Morgan fingerprint density at radius 3 is 2.65 bits per heavy atom. The number of hydrogen-bond acceptors (Lipinski definition) is 9. The molecule has 0 bridgehead atoms. The lowest BCUT2D eigenvalue weighted by Gasteiger charge is -2.09. The highest BCUT2D eigenvalue weighted by Gasteiger charge is 2.15. The third-order valence-corrected chi connectivity index (χ3v) is 5.69. The molecule has 0 saturated carbocycles. The molecular weight excluding hydrogens is 438 g/mol. The molecule has 2 N–H and O–H groups in total. The summed E-state index contributed by atoms with van der Waals surface area (Å²) in [6.45, 7) is 6.19. The average molecular weight is 460 g/mol. The van der Waals surface area contributed by atoms with E-state index in [0.717, 1.165) is 5.01 Å². The van der Waals surface area contributed by atoms with Crippen molar-refractivity contribution in [2.75, 3.05) is 18.2 Å². The number of methoxy groups -OCH3 is 1. The number of aromatic nitrogens is 5. The lowest BCUT2D eigenvalue weighted by atomic mass is 10.2. The molecule has 31 heavy (non-hydrogen) atoms. The van der Waals surface area contributed by atoms with Crippen LogP contribution in [0.4, 0.5) is 5.13 Å². The highest BCUT2D eigenvalue weighted by Crippen LogP contribution is 2.19. The lowest BCUT2D eigenvalue weighted by Crippen LogP contribution is -2.24. The van der Waals surface area contributed by atoms with Crippen molar-refractivity contribution < 1.29 is 14.3 Å². The second kappa shape index (κ2) is 10.7. The zero-order valence-electron chi connectivity index (χ0n) is 17.0. The quantitative estimate of drug-likeness (QED) is 0.350. The van der Waals surface area contributed by atoms with Crippen molar-refractivity contribution >= 4 is 40.0 Å². The molecule has 162 valence electrons. The Bertz CT molecular complexity index is 1060. The van der Waals surface area contributed by atoms with E-state index in [1.165, 1.54) is 23.1 Å². The highest BCUT2D eigenvalue weighted by molar-refractivity contribution is 7.99. The Morgan fingerprint density at radius 2 is 2.00 bits per heavy atom. The fraction of sp³-hybridized carbons (Fsp3) is 0.263. The second-order valence-corrected chi connectivity index (χ2v) is 8.30. The zero-order valence-corrected chi connectivity index (χ0v) is 18.6. The summed E-state index contributed by atoms with van der Waals surface area (Å²) in [5.74, 6) is 0.908. The Balaban J connectivity index is 1.59. The molecule has 2 amide bonds. The van der Waals surface area contributed by atoms with Gasteiger partial charge in [0.25, 0.3) is 5.91 Å². The first-order chi connectivity index (χ1) is 15.0. The van der Waals surface area contributed by atoms with Crippen molar-refractivity contribution in [1.29, 1.82) is 0 Å². The molecule has 1 aromatic carbocycles. The molecule has 12 heteroatoms. The SMILES string of the molecule is C=CCn1c(CNC(=O)c2ccc(OC)cc2)nnc1SCC(=O)Nc1nnc(C)s1. The number of benzene rings is 1. The predicted octanol–water partition coefficient (Wildman–Crippen LogP) is 2.29. The molecule has 0 radical (unpaired) electrons. The van der Waals surface area contributed by atoms with E-state index in [2.05, 4.69) is 37.6 Å².